The van der Waals surface area contributed by atoms with E-state index in [1.807, 2.05) is 33.0 Å². The van der Waals surface area contributed by atoms with Crippen LogP contribution in [0.4, 0.5) is 0 Å². The highest BCUT2D eigenvalue weighted by molar-refractivity contribution is 7.80. The standard InChI is InChI=1S/C17H21NOS/c1-11(2)15(19)10-13-9-8-12-6-4-5-7-14(12)16(13)17(20)18-3/h4-9,11,15,19H,10H2,1-3H3,(H,18,20). The SMILES string of the molecule is CNC(=S)c1c(CC(O)C(C)C)ccc2ccccc12. The molecule has 0 aliphatic carbocycles. The molecule has 0 saturated carbocycles. The van der Waals surface area contributed by atoms with Gasteiger partial charge in [-0.1, -0.05) is 62.5 Å². The number of nitrogens with one attached hydrogen (secondary N) is 1. The molecule has 0 radical (unpaired) electrons. The second kappa shape index (κ2) is 6.33. The van der Waals surface area contributed by atoms with E-state index in [-0.39, 0.29) is 12.0 Å². The van der Waals surface area contributed by atoms with Crippen molar-refractivity contribution in [3.05, 3.63) is 47.5 Å². The minimum absolute atomic E-state index is 0.234. The number of rotatable bonds is 4. The second-order valence-electron chi connectivity index (χ2n) is 5.42. The molecule has 3 heteroatoms. The first kappa shape index (κ1) is 14.9. The predicted octanol–water partition coefficient (Wildman–Crippen LogP) is 3.29. The van der Waals surface area contributed by atoms with Crippen LogP contribution in [0.3, 0.4) is 0 Å². The summed E-state index contributed by atoms with van der Waals surface area (Å²) in [7, 11) is 1.84. The summed E-state index contributed by atoms with van der Waals surface area (Å²) in [5.41, 5.74) is 2.14. The van der Waals surface area contributed by atoms with Crippen LogP contribution in [0.1, 0.15) is 25.0 Å². The maximum absolute atomic E-state index is 10.2. The van der Waals surface area contributed by atoms with Crippen LogP contribution in [-0.4, -0.2) is 23.2 Å². The Bertz CT molecular complexity index is 621. The highest BCUT2D eigenvalue weighted by atomic mass is 32.1. The molecule has 1 atom stereocenters. The van der Waals surface area contributed by atoms with Crippen molar-refractivity contribution in [1.29, 1.82) is 0 Å². The quantitative estimate of drug-likeness (QED) is 0.846. The highest BCUT2D eigenvalue weighted by Gasteiger charge is 2.16. The molecule has 0 fully saturated rings. The van der Waals surface area contributed by atoms with Crippen molar-refractivity contribution in [2.24, 2.45) is 5.92 Å². The molecule has 2 rings (SSSR count). The molecular weight excluding hydrogens is 266 g/mol. The van der Waals surface area contributed by atoms with Crippen LogP contribution in [0.15, 0.2) is 36.4 Å². The molecule has 0 amide bonds. The zero-order chi connectivity index (χ0) is 14.7. The van der Waals surface area contributed by atoms with Crippen molar-refractivity contribution in [3.8, 4) is 0 Å². The molecule has 0 spiro atoms. The van der Waals surface area contributed by atoms with E-state index in [2.05, 4.69) is 29.6 Å². The van der Waals surface area contributed by atoms with Gasteiger partial charge in [0.2, 0.25) is 0 Å². The third kappa shape index (κ3) is 3.00. The normalized spacial score (nSPS) is 12.7. The van der Waals surface area contributed by atoms with Gasteiger partial charge < -0.3 is 10.4 Å². The molecule has 0 bridgehead atoms. The summed E-state index contributed by atoms with van der Waals surface area (Å²) in [6.45, 7) is 4.06. The molecule has 0 aliphatic rings. The van der Waals surface area contributed by atoms with E-state index in [9.17, 15) is 5.11 Å². The topological polar surface area (TPSA) is 32.3 Å². The second-order valence-corrected chi connectivity index (χ2v) is 5.82. The van der Waals surface area contributed by atoms with E-state index in [1.165, 1.54) is 5.39 Å². The largest absolute Gasteiger partial charge is 0.393 e. The Hall–Kier alpha value is -1.45. The Kier molecular flexibility index (Phi) is 4.73. The lowest BCUT2D eigenvalue weighted by Crippen LogP contribution is -2.23. The van der Waals surface area contributed by atoms with Gasteiger partial charge in [0.05, 0.1) is 6.10 Å². The molecule has 0 heterocycles. The van der Waals surface area contributed by atoms with E-state index < -0.39 is 0 Å². The first-order chi connectivity index (χ1) is 9.54. The first-order valence-corrected chi connectivity index (χ1v) is 7.36. The minimum Gasteiger partial charge on any atom is -0.393 e. The molecule has 106 valence electrons. The van der Waals surface area contributed by atoms with Crippen LogP contribution < -0.4 is 5.32 Å². The van der Waals surface area contributed by atoms with E-state index in [0.717, 1.165) is 21.5 Å². The number of benzene rings is 2. The van der Waals surface area contributed by atoms with Crippen molar-refractivity contribution < 1.29 is 5.11 Å². The number of aliphatic hydroxyl groups is 1. The molecule has 0 aromatic heterocycles. The molecule has 20 heavy (non-hydrogen) atoms. The molecule has 0 saturated heterocycles. The lowest BCUT2D eigenvalue weighted by molar-refractivity contribution is 0.125. The van der Waals surface area contributed by atoms with Crippen LogP contribution >= 0.6 is 12.2 Å². The third-order valence-corrected chi connectivity index (χ3v) is 4.08. The van der Waals surface area contributed by atoms with Crippen molar-refractivity contribution in [3.63, 3.8) is 0 Å². The summed E-state index contributed by atoms with van der Waals surface area (Å²) >= 11 is 5.46. The molecule has 2 nitrogen and oxygen atoms in total. The van der Waals surface area contributed by atoms with Gasteiger partial charge in [0, 0.05) is 12.6 Å². The third-order valence-electron chi connectivity index (χ3n) is 3.67. The van der Waals surface area contributed by atoms with Crippen molar-refractivity contribution in [2.75, 3.05) is 7.05 Å². The summed E-state index contributed by atoms with van der Waals surface area (Å²) in [6.07, 6.45) is 0.272. The maximum Gasteiger partial charge on any atom is 0.107 e. The lowest BCUT2D eigenvalue weighted by Gasteiger charge is -2.19. The Morgan fingerprint density at radius 3 is 2.55 bits per heavy atom. The van der Waals surface area contributed by atoms with Crippen LogP contribution in [0, 0.1) is 5.92 Å². The van der Waals surface area contributed by atoms with Crippen LogP contribution in [0.25, 0.3) is 10.8 Å². The van der Waals surface area contributed by atoms with Crippen molar-refractivity contribution in [1.82, 2.24) is 5.32 Å². The van der Waals surface area contributed by atoms with E-state index in [0.29, 0.717) is 6.42 Å². The molecule has 0 aliphatic heterocycles. The van der Waals surface area contributed by atoms with Gasteiger partial charge in [-0.2, -0.15) is 0 Å². The van der Waals surface area contributed by atoms with Gasteiger partial charge in [-0.15, -0.1) is 0 Å². The Labute approximate surface area is 125 Å². The Balaban J connectivity index is 2.56. The van der Waals surface area contributed by atoms with Crippen LogP contribution in [-0.2, 0) is 6.42 Å². The fourth-order valence-corrected chi connectivity index (χ4v) is 2.58. The van der Waals surface area contributed by atoms with Crippen molar-refractivity contribution in [2.45, 2.75) is 26.4 Å². The molecule has 2 N–H and O–H groups in total. The van der Waals surface area contributed by atoms with Gasteiger partial charge in [0.1, 0.15) is 4.99 Å². The van der Waals surface area contributed by atoms with Crippen LogP contribution in [0.2, 0.25) is 0 Å². The zero-order valence-corrected chi connectivity index (χ0v) is 13.0. The summed E-state index contributed by atoms with van der Waals surface area (Å²) in [5, 5.41) is 15.5. The highest BCUT2D eigenvalue weighted by Crippen LogP contribution is 2.25. The summed E-state index contributed by atoms with van der Waals surface area (Å²) in [6, 6.07) is 12.4. The molecule has 2 aromatic carbocycles. The predicted molar refractivity (Wildman–Crippen MR) is 89.3 cm³/mol. The van der Waals surface area contributed by atoms with E-state index in [1.54, 1.807) is 0 Å². The van der Waals surface area contributed by atoms with E-state index >= 15 is 0 Å². The van der Waals surface area contributed by atoms with Gasteiger partial charge in [0.25, 0.3) is 0 Å². The maximum atomic E-state index is 10.2. The minimum atomic E-state index is -0.352. The number of hydrogen-bond acceptors (Lipinski definition) is 2. The Morgan fingerprint density at radius 2 is 1.90 bits per heavy atom. The van der Waals surface area contributed by atoms with Gasteiger partial charge in [-0.25, -0.2) is 0 Å². The first-order valence-electron chi connectivity index (χ1n) is 6.95. The summed E-state index contributed by atoms with van der Waals surface area (Å²) in [4.78, 5) is 0.729. The summed E-state index contributed by atoms with van der Waals surface area (Å²) < 4.78 is 0. The van der Waals surface area contributed by atoms with Gasteiger partial charge in [-0.3, -0.25) is 0 Å². The average molecular weight is 287 g/mol. The number of aliphatic hydroxyl groups excluding tert-OH is 1. The van der Waals surface area contributed by atoms with Crippen LogP contribution in [0.5, 0.6) is 0 Å². The fourth-order valence-electron chi connectivity index (χ4n) is 2.34. The lowest BCUT2D eigenvalue weighted by atomic mass is 9.92. The fraction of sp³-hybridized carbons (Fsp3) is 0.353. The van der Waals surface area contributed by atoms with E-state index in [4.69, 9.17) is 12.2 Å². The average Bonchev–Trinajstić information content (AvgIpc) is 2.46. The van der Waals surface area contributed by atoms with Crippen molar-refractivity contribution >= 4 is 28.0 Å². The smallest absolute Gasteiger partial charge is 0.107 e. The number of thiocarbonyl (C=S) groups is 1. The molecule has 1 unspecified atom stereocenters. The van der Waals surface area contributed by atoms with Gasteiger partial charge in [-0.05, 0) is 28.7 Å². The number of fused-ring (bicyclic) bond motifs is 1. The van der Waals surface area contributed by atoms with Gasteiger partial charge >= 0.3 is 0 Å². The number of hydrogen-bond donors (Lipinski definition) is 2. The molecule has 2 aromatic rings. The molecular formula is C17H21NOS. The monoisotopic (exact) mass is 287 g/mol. The van der Waals surface area contributed by atoms with Gasteiger partial charge in [0.15, 0.2) is 0 Å². The zero-order valence-electron chi connectivity index (χ0n) is 12.2. The Morgan fingerprint density at radius 1 is 1.20 bits per heavy atom. The summed E-state index contributed by atoms with van der Waals surface area (Å²) in [5.74, 6) is 0.234.